The van der Waals surface area contributed by atoms with Crippen molar-refractivity contribution >= 4 is 11.5 Å². The normalized spacial score (nSPS) is 19.1. The highest BCUT2D eigenvalue weighted by atomic mass is 19.1. The quantitative estimate of drug-likeness (QED) is 0.656. The van der Waals surface area contributed by atoms with Gasteiger partial charge in [-0.3, -0.25) is 5.41 Å². The van der Waals surface area contributed by atoms with Crippen LogP contribution in [0, 0.1) is 17.0 Å². The molecule has 1 aliphatic heterocycles. The fourth-order valence-electron chi connectivity index (χ4n) is 2.92. The Kier molecular flexibility index (Phi) is 4.57. The van der Waals surface area contributed by atoms with Gasteiger partial charge in [0, 0.05) is 18.2 Å². The number of nitrogen functional groups attached to an aromatic ring is 1. The van der Waals surface area contributed by atoms with Crippen molar-refractivity contribution in [1.82, 2.24) is 0 Å². The number of amidine groups is 1. The Morgan fingerprint density at radius 3 is 2.55 bits per heavy atom. The number of hydrogen-bond acceptors (Lipinski definition) is 2. The van der Waals surface area contributed by atoms with Crippen molar-refractivity contribution in [2.45, 2.75) is 45.1 Å². The van der Waals surface area contributed by atoms with Gasteiger partial charge in [-0.15, -0.1) is 0 Å². The van der Waals surface area contributed by atoms with Gasteiger partial charge < -0.3 is 10.6 Å². The SMILES string of the molecule is CCCC1CCCCN1c1c(F)cc(C(=N)N)cc1F. The van der Waals surface area contributed by atoms with Crippen LogP contribution in [0.2, 0.25) is 0 Å². The third kappa shape index (κ3) is 2.92. The Balaban J connectivity index is 2.37. The molecule has 0 aliphatic carbocycles. The lowest BCUT2D eigenvalue weighted by Crippen LogP contribution is -2.40. The van der Waals surface area contributed by atoms with E-state index in [1.165, 1.54) is 0 Å². The second kappa shape index (κ2) is 6.20. The maximum absolute atomic E-state index is 14.2. The van der Waals surface area contributed by atoms with Crippen LogP contribution in [0.5, 0.6) is 0 Å². The second-order valence-corrected chi connectivity index (χ2v) is 5.33. The van der Waals surface area contributed by atoms with Crippen LogP contribution in [0.15, 0.2) is 12.1 Å². The molecule has 0 radical (unpaired) electrons. The van der Waals surface area contributed by atoms with Crippen LogP contribution in [-0.4, -0.2) is 18.4 Å². The van der Waals surface area contributed by atoms with Crippen molar-refractivity contribution < 1.29 is 8.78 Å². The Morgan fingerprint density at radius 1 is 1.35 bits per heavy atom. The zero-order valence-electron chi connectivity index (χ0n) is 11.8. The molecule has 1 fully saturated rings. The summed E-state index contributed by atoms with van der Waals surface area (Å²) >= 11 is 0. The van der Waals surface area contributed by atoms with Crippen molar-refractivity contribution in [2.75, 3.05) is 11.4 Å². The smallest absolute Gasteiger partial charge is 0.150 e. The first-order chi connectivity index (χ1) is 9.54. The molecule has 2 rings (SSSR count). The van der Waals surface area contributed by atoms with Crippen LogP contribution in [0.4, 0.5) is 14.5 Å². The highest BCUT2D eigenvalue weighted by molar-refractivity contribution is 5.95. The summed E-state index contributed by atoms with van der Waals surface area (Å²) in [5, 5.41) is 7.28. The van der Waals surface area contributed by atoms with Crippen LogP contribution in [0.3, 0.4) is 0 Å². The van der Waals surface area contributed by atoms with Crippen LogP contribution < -0.4 is 10.6 Å². The molecule has 5 heteroatoms. The van der Waals surface area contributed by atoms with E-state index in [-0.39, 0.29) is 23.1 Å². The zero-order valence-corrected chi connectivity index (χ0v) is 11.8. The lowest BCUT2D eigenvalue weighted by atomic mass is 9.97. The summed E-state index contributed by atoms with van der Waals surface area (Å²) < 4.78 is 28.5. The average molecular weight is 281 g/mol. The van der Waals surface area contributed by atoms with Gasteiger partial charge in [0.05, 0.1) is 0 Å². The molecule has 0 bridgehead atoms. The summed E-state index contributed by atoms with van der Waals surface area (Å²) in [6.07, 6.45) is 4.97. The summed E-state index contributed by atoms with van der Waals surface area (Å²) in [5.41, 5.74) is 5.42. The molecule has 3 N–H and O–H groups in total. The zero-order chi connectivity index (χ0) is 14.7. The summed E-state index contributed by atoms with van der Waals surface area (Å²) in [6, 6.07) is 2.50. The van der Waals surface area contributed by atoms with E-state index in [2.05, 4.69) is 6.92 Å². The second-order valence-electron chi connectivity index (χ2n) is 5.33. The molecule has 0 aromatic heterocycles. The van der Waals surface area contributed by atoms with Gasteiger partial charge in [0.15, 0.2) is 0 Å². The van der Waals surface area contributed by atoms with Crippen molar-refractivity contribution in [3.63, 3.8) is 0 Å². The van der Waals surface area contributed by atoms with Gasteiger partial charge in [-0.05, 0) is 37.8 Å². The van der Waals surface area contributed by atoms with E-state index in [4.69, 9.17) is 11.1 Å². The Bertz CT molecular complexity index is 477. The highest BCUT2D eigenvalue weighted by Crippen LogP contribution is 2.32. The number of benzene rings is 1. The topological polar surface area (TPSA) is 53.1 Å². The van der Waals surface area contributed by atoms with Crippen molar-refractivity contribution in [3.8, 4) is 0 Å². The number of hydrogen-bond donors (Lipinski definition) is 2. The number of halogens is 2. The van der Waals surface area contributed by atoms with Gasteiger partial charge in [-0.1, -0.05) is 13.3 Å². The van der Waals surface area contributed by atoms with Gasteiger partial charge in [-0.2, -0.15) is 0 Å². The molecule has 3 nitrogen and oxygen atoms in total. The van der Waals surface area contributed by atoms with Crippen molar-refractivity contribution in [1.29, 1.82) is 5.41 Å². The van der Waals surface area contributed by atoms with E-state index >= 15 is 0 Å². The van der Waals surface area contributed by atoms with Crippen molar-refractivity contribution in [3.05, 3.63) is 29.3 Å². The Hall–Kier alpha value is -1.65. The minimum atomic E-state index is -0.627. The van der Waals surface area contributed by atoms with Crippen LogP contribution in [0.25, 0.3) is 0 Å². The first kappa shape index (κ1) is 14.8. The lowest BCUT2D eigenvalue weighted by Gasteiger charge is -2.38. The minimum Gasteiger partial charge on any atom is -0.384 e. The minimum absolute atomic E-state index is 0.0353. The number of anilines is 1. The fourth-order valence-corrected chi connectivity index (χ4v) is 2.92. The number of nitrogens with zero attached hydrogens (tertiary/aromatic N) is 1. The first-order valence-corrected chi connectivity index (χ1v) is 7.14. The molecule has 110 valence electrons. The molecule has 0 spiro atoms. The largest absolute Gasteiger partial charge is 0.384 e. The van der Waals surface area contributed by atoms with E-state index in [1.807, 2.05) is 4.90 Å². The third-order valence-corrected chi connectivity index (χ3v) is 3.86. The Morgan fingerprint density at radius 2 is 2.00 bits per heavy atom. The maximum Gasteiger partial charge on any atom is 0.150 e. The standard InChI is InChI=1S/C15H21F2N3/c1-2-5-11-6-3-4-7-20(11)14-12(16)8-10(15(18)19)9-13(14)17/h8-9,11H,2-7H2,1H3,(H3,18,19). The van der Waals surface area contributed by atoms with Gasteiger partial charge in [0.25, 0.3) is 0 Å². The molecule has 1 aromatic rings. The van der Waals surface area contributed by atoms with Crippen LogP contribution in [0.1, 0.15) is 44.6 Å². The van der Waals surface area contributed by atoms with Gasteiger partial charge in [0.1, 0.15) is 23.2 Å². The molecule has 1 unspecified atom stereocenters. The van der Waals surface area contributed by atoms with Crippen molar-refractivity contribution in [2.24, 2.45) is 5.73 Å². The van der Waals surface area contributed by atoms with Gasteiger partial charge >= 0.3 is 0 Å². The molecule has 1 aromatic carbocycles. The third-order valence-electron chi connectivity index (χ3n) is 3.86. The molecule has 20 heavy (non-hydrogen) atoms. The summed E-state index contributed by atoms with van der Waals surface area (Å²) in [7, 11) is 0. The molecule has 0 saturated carbocycles. The predicted octanol–water partition coefficient (Wildman–Crippen LogP) is 3.41. The Labute approximate surface area is 118 Å². The van der Waals surface area contributed by atoms with E-state index < -0.39 is 11.6 Å². The van der Waals surface area contributed by atoms with Gasteiger partial charge in [0.2, 0.25) is 0 Å². The first-order valence-electron chi connectivity index (χ1n) is 7.14. The number of piperidine rings is 1. The van der Waals surface area contributed by atoms with E-state index in [0.29, 0.717) is 6.54 Å². The summed E-state index contributed by atoms with van der Waals surface area (Å²) in [4.78, 5) is 1.85. The molecular weight excluding hydrogens is 260 g/mol. The van der Waals surface area contributed by atoms with Gasteiger partial charge in [-0.25, -0.2) is 8.78 Å². The molecule has 1 saturated heterocycles. The van der Waals surface area contributed by atoms with Crippen LogP contribution in [-0.2, 0) is 0 Å². The molecule has 0 amide bonds. The van der Waals surface area contributed by atoms with E-state index in [0.717, 1.165) is 44.2 Å². The lowest BCUT2D eigenvalue weighted by molar-refractivity contribution is 0.421. The number of nitrogens with one attached hydrogen (secondary N) is 1. The molecule has 1 aliphatic rings. The number of nitrogens with two attached hydrogens (primary N) is 1. The molecular formula is C15H21F2N3. The summed E-state index contributed by atoms with van der Waals surface area (Å²) in [6.45, 7) is 2.76. The summed E-state index contributed by atoms with van der Waals surface area (Å²) in [5.74, 6) is -1.57. The number of rotatable bonds is 4. The average Bonchev–Trinajstić information content (AvgIpc) is 2.40. The maximum atomic E-state index is 14.2. The van der Waals surface area contributed by atoms with Crippen LogP contribution >= 0.6 is 0 Å². The van der Waals surface area contributed by atoms with E-state index in [1.54, 1.807) is 0 Å². The monoisotopic (exact) mass is 281 g/mol. The molecule has 1 atom stereocenters. The highest BCUT2D eigenvalue weighted by Gasteiger charge is 2.27. The molecule has 1 heterocycles. The predicted molar refractivity (Wildman–Crippen MR) is 77.3 cm³/mol. The fraction of sp³-hybridized carbons (Fsp3) is 0.533. The van der Waals surface area contributed by atoms with E-state index in [9.17, 15) is 8.78 Å².